The lowest BCUT2D eigenvalue weighted by Crippen LogP contribution is -2.46. The van der Waals surface area contributed by atoms with Crippen molar-refractivity contribution in [3.05, 3.63) is 61.0 Å². The molecule has 2 saturated heterocycles. The first-order chi connectivity index (χ1) is 17.4. The average molecular weight is 643 g/mol. The number of carbonyl (C=O) groups excluding carboxylic acids is 3. The fraction of sp³-hybridized carbons (Fsp3) is 0.320. The fourth-order valence-electron chi connectivity index (χ4n) is 3.68. The van der Waals surface area contributed by atoms with E-state index in [0.717, 1.165) is 25.8 Å². The molecule has 2 aromatic rings. The van der Waals surface area contributed by atoms with E-state index in [1.807, 2.05) is 31.2 Å². The topological polar surface area (TPSA) is 85.4 Å². The minimum absolute atomic E-state index is 0.248. The summed E-state index contributed by atoms with van der Waals surface area (Å²) in [6.45, 7) is 4.09. The van der Waals surface area contributed by atoms with Crippen molar-refractivity contribution < 1.29 is 28.6 Å². The largest absolute Gasteiger partial charge is 0.490 e. The van der Waals surface area contributed by atoms with Gasteiger partial charge in [-0.15, -0.1) is 0 Å². The highest BCUT2D eigenvalue weighted by Crippen LogP contribution is 2.38. The van der Waals surface area contributed by atoms with E-state index in [1.54, 1.807) is 23.1 Å². The predicted octanol–water partition coefficient (Wildman–Crippen LogP) is 4.82. The van der Waals surface area contributed by atoms with E-state index in [0.29, 0.717) is 55.0 Å². The van der Waals surface area contributed by atoms with Crippen LogP contribution in [0.5, 0.6) is 11.5 Å². The van der Waals surface area contributed by atoms with Crippen LogP contribution in [0, 0.1) is 3.57 Å². The van der Waals surface area contributed by atoms with Crippen molar-refractivity contribution in [3.63, 3.8) is 0 Å². The monoisotopic (exact) mass is 642 g/mol. The average Bonchev–Trinajstić information content (AvgIpc) is 3.12. The predicted molar refractivity (Wildman–Crippen MR) is 146 cm³/mol. The highest BCUT2D eigenvalue weighted by molar-refractivity contribution is 14.1. The number of halogens is 2. The molecule has 2 fully saturated rings. The lowest BCUT2D eigenvalue weighted by Gasteiger charge is -2.28. The third-order valence-electron chi connectivity index (χ3n) is 5.49. The molecular weight excluding hydrogens is 619 g/mol. The number of nitrogens with zero attached hydrogens (tertiary/aromatic N) is 2. The normalized spacial score (nSPS) is 17.1. The van der Waals surface area contributed by atoms with Gasteiger partial charge in [0.15, 0.2) is 11.5 Å². The molecule has 2 heterocycles. The van der Waals surface area contributed by atoms with Crippen molar-refractivity contribution >= 4 is 69.1 Å². The van der Waals surface area contributed by atoms with Gasteiger partial charge in [-0.2, -0.15) is 0 Å². The molecule has 0 saturated carbocycles. The smallest absolute Gasteiger partial charge is 0.294 e. The molecule has 0 atom stereocenters. The Kier molecular flexibility index (Phi) is 9.15. The van der Waals surface area contributed by atoms with Crippen LogP contribution in [0.1, 0.15) is 18.1 Å². The maximum atomic E-state index is 12.9. The molecule has 4 rings (SSSR count). The van der Waals surface area contributed by atoms with Gasteiger partial charge in [-0.3, -0.25) is 19.3 Å². The molecule has 8 nitrogen and oxygen atoms in total. The molecule has 190 valence electrons. The molecule has 0 aromatic heterocycles. The summed E-state index contributed by atoms with van der Waals surface area (Å²) in [4.78, 5) is 40.9. The van der Waals surface area contributed by atoms with Crippen molar-refractivity contribution in [1.82, 2.24) is 9.80 Å². The number of carbonyl (C=O) groups is 3. The van der Waals surface area contributed by atoms with Gasteiger partial charge in [0.05, 0.1) is 28.3 Å². The third kappa shape index (κ3) is 6.34. The summed E-state index contributed by atoms with van der Waals surface area (Å²) in [6.07, 6.45) is 1.63. The number of benzene rings is 2. The first kappa shape index (κ1) is 26.8. The number of morpholine rings is 1. The lowest BCUT2D eigenvalue weighted by atomic mass is 10.1. The minimum atomic E-state index is -0.487. The Labute approximate surface area is 232 Å². The second kappa shape index (κ2) is 12.3. The number of rotatable bonds is 8. The summed E-state index contributed by atoms with van der Waals surface area (Å²) in [5.74, 6) is 0.330. The molecule has 0 spiro atoms. The van der Waals surface area contributed by atoms with Crippen LogP contribution in [0.25, 0.3) is 6.08 Å². The number of hydrogen-bond donors (Lipinski definition) is 0. The van der Waals surface area contributed by atoms with Crippen LogP contribution < -0.4 is 9.47 Å². The first-order valence-electron chi connectivity index (χ1n) is 11.3. The summed E-state index contributed by atoms with van der Waals surface area (Å²) in [5, 5.41) is 0.150. The Morgan fingerprint density at radius 1 is 1.19 bits per heavy atom. The molecule has 0 radical (unpaired) electrons. The number of amides is 3. The fourth-order valence-corrected chi connectivity index (χ4v) is 5.49. The molecule has 2 aliphatic rings. The molecular formula is C25H24ClIN2O6S. The molecule has 2 aliphatic heterocycles. The maximum absolute atomic E-state index is 12.9. The Hall–Kier alpha value is -2.28. The van der Waals surface area contributed by atoms with Gasteiger partial charge >= 0.3 is 0 Å². The Morgan fingerprint density at radius 3 is 2.67 bits per heavy atom. The van der Waals surface area contributed by atoms with Crippen LogP contribution in [-0.4, -0.2) is 66.3 Å². The zero-order valence-electron chi connectivity index (χ0n) is 19.5. The van der Waals surface area contributed by atoms with E-state index in [9.17, 15) is 14.4 Å². The Bertz CT molecular complexity index is 1200. The highest BCUT2D eigenvalue weighted by Gasteiger charge is 2.37. The molecule has 11 heteroatoms. The minimum Gasteiger partial charge on any atom is -0.490 e. The second-order valence-corrected chi connectivity index (χ2v) is 10.5. The quantitative estimate of drug-likeness (QED) is 0.302. The van der Waals surface area contributed by atoms with Crippen molar-refractivity contribution in [2.45, 2.75) is 13.5 Å². The van der Waals surface area contributed by atoms with Gasteiger partial charge in [-0.1, -0.05) is 29.8 Å². The number of imide groups is 1. The molecule has 3 amide bonds. The van der Waals surface area contributed by atoms with Crippen molar-refractivity contribution in [3.8, 4) is 11.5 Å². The summed E-state index contributed by atoms with van der Waals surface area (Å²) in [6, 6.07) is 11.1. The van der Waals surface area contributed by atoms with Gasteiger partial charge in [0.2, 0.25) is 5.91 Å². The van der Waals surface area contributed by atoms with E-state index in [2.05, 4.69) is 22.6 Å². The zero-order chi connectivity index (χ0) is 25.7. The van der Waals surface area contributed by atoms with E-state index in [1.165, 1.54) is 0 Å². The molecule has 2 aromatic carbocycles. The van der Waals surface area contributed by atoms with Crippen LogP contribution in [0.4, 0.5) is 4.79 Å². The van der Waals surface area contributed by atoms with Crippen LogP contribution in [0.2, 0.25) is 5.02 Å². The Morgan fingerprint density at radius 2 is 1.94 bits per heavy atom. The van der Waals surface area contributed by atoms with Gasteiger partial charge in [-0.05, 0) is 71.1 Å². The number of ether oxygens (including phenoxy) is 3. The standard InChI is InChI=1S/C25H24ClIN2O6S/c1-2-34-20-12-16(11-19(27)23(20)35-15-17-5-3-4-6-18(17)26)13-21-24(31)29(25(32)36-21)14-22(30)28-7-9-33-10-8-28/h3-6,11-13H,2,7-10,14-15H2,1H3/b21-13+. The maximum Gasteiger partial charge on any atom is 0.294 e. The Balaban J connectivity index is 1.51. The highest BCUT2D eigenvalue weighted by atomic mass is 127. The molecule has 0 bridgehead atoms. The van der Waals surface area contributed by atoms with Gasteiger partial charge < -0.3 is 19.1 Å². The third-order valence-corrected chi connectivity index (χ3v) is 7.57. The molecule has 36 heavy (non-hydrogen) atoms. The van der Waals surface area contributed by atoms with E-state index >= 15 is 0 Å². The number of thioether (sulfide) groups is 1. The number of hydrogen-bond acceptors (Lipinski definition) is 7. The van der Waals surface area contributed by atoms with Crippen molar-refractivity contribution in [2.75, 3.05) is 39.5 Å². The van der Waals surface area contributed by atoms with Crippen LogP contribution >= 0.6 is 46.0 Å². The SMILES string of the molecule is CCOc1cc(/C=C2/SC(=O)N(CC(=O)N3CCOCC3)C2=O)cc(I)c1OCc1ccccc1Cl. The summed E-state index contributed by atoms with van der Waals surface area (Å²) >= 11 is 9.21. The van der Waals surface area contributed by atoms with Crippen LogP contribution in [-0.2, 0) is 20.9 Å². The summed E-state index contributed by atoms with van der Waals surface area (Å²) in [5.41, 5.74) is 1.53. The van der Waals surface area contributed by atoms with E-state index in [-0.39, 0.29) is 24.0 Å². The molecule has 0 unspecified atom stereocenters. The van der Waals surface area contributed by atoms with E-state index < -0.39 is 11.1 Å². The summed E-state index contributed by atoms with van der Waals surface area (Å²) in [7, 11) is 0. The summed E-state index contributed by atoms with van der Waals surface area (Å²) < 4.78 is 17.9. The van der Waals surface area contributed by atoms with Crippen molar-refractivity contribution in [1.29, 1.82) is 0 Å². The lowest BCUT2D eigenvalue weighted by molar-refractivity contribution is -0.139. The van der Waals surface area contributed by atoms with Gasteiger partial charge in [0, 0.05) is 23.7 Å². The first-order valence-corrected chi connectivity index (χ1v) is 13.6. The van der Waals surface area contributed by atoms with E-state index in [4.69, 9.17) is 25.8 Å². The second-order valence-electron chi connectivity index (χ2n) is 7.90. The van der Waals surface area contributed by atoms with Crippen molar-refractivity contribution in [2.24, 2.45) is 0 Å². The zero-order valence-corrected chi connectivity index (χ0v) is 23.2. The van der Waals surface area contributed by atoms with Crippen LogP contribution in [0.15, 0.2) is 41.3 Å². The van der Waals surface area contributed by atoms with Gasteiger partial charge in [-0.25, -0.2) is 0 Å². The molecule has 0 N–H and O–H groups in total. The van der Waals surface area contributed by atoms with Gasteiger partial charge in [0.25, 0.3) is 11.1 Å². The molecule has 0 aliphatic carbocycles. The van der Waals surface area contributed by atoms with Crippen LogP contribution in [0.3, 0.4) is 0 Å². The van der Waals surface area contributed by atoms with Gasteiger partial charge in [0.1, 0.15) is 13.2 Å².